The zero-order valence-electron chi connectivity index (χ0n) is 12.9. The molecule has 24 heavy (non-hydrogen) atoms. The SMILES string of the molecule is O=C(NC[C@@H]1CCCO1)c1ccc(NC(=O)c2ccc(Br)o2)cc1. The van der Waals surface area contributed by atoms with Crippen LogP contribution in [-0.2, 0) is 4.74 Å². The third-order valence-corrected chi connectivity index (χ3v) is 4.14. The smallest absolute Gasteiger partial charge is 0.291 e. The number of amides is 2. The Hall–Kier alpha value is -2.12. The van der Waals surface area contributed by atoms with Gasteiger partial charge in [-0.2, -0.15) is 0 Å². The molecule has 7 heteroatoms. The van der Waals surface area contributed by atoms with E-state index in [-0.39, 0.29) is 23.7 Å². The number of halogens is 1. The second kappa shape index (κ2) is 7.63. The van der Waals surface area contributed by atoms with Crippen molar-refractivity contribution in [2.75, 3.05) is 18.5 Å². The monoisotopic (exact) mass is 392 g/mol. The van der Waals surface area contributed by atoms with Crippen LogP contribution in [0.25, 0.3) is 0 Å². The second-order valence-electron chi connectivity index (χ2n) is 5.48. The summed E-state index contributed by atoms with van der Waals surface area (Å²) in [6, 6.07) is 9.91. The molecule has 1 aromatic heterocycles. The lowest BCUT2D eigenvalue weighted by Gasteiger charge is -2.11. The molecule has 3 rings (SSSR count). The predicted octanol–water partition coefficient (Wildman–Crippen LogP) is 3.20. The lowest BCUT2D eigenvalue weighted by Crippen LogP contribution is -2.31. The fourth-order valence-corrected chi connectivity index (χ4v) is 2.75. The summed E-state index contributed by atoms with van der Waals surface area (Å²) in [5, 5.41) is 5.57. The van der Waals surface area contributed by atoms with E-state index >= 15 is 0 Å². The van der Waals surface area contributed by atoms with Gasteiger partial charge in [0.2, 0.25) is 0 Å². The molecule has 0 bridgehead atoms. The number of anilines is 1. The first-order chi connectivity index (χ1) is 11.6. The topological polar surface area (TPSA) is 80.6 Å². The fraction of sp³-hybridized carbons (Fsp3) is 0.294. The predicted molar refractivity (Wildman–Crippen MR) is 92.1 cm³/mol. The molecule has 0 spiro atoms. The average molecular weight is 393 g/mol. The van der Waals surface area contributed by atoms with Crippen LogP contribution in [0.5, 0.6) is 0 Å². The number of hydrogen-bond donors (Lipinski definition) is 2. The van der Waals surface area contributed by atoms with Gasteiger partial charge in [0.1, 0.15) is 0 Å². The lowest BCUT2D eigenvalue weighted by atomic mass is 10.2. The van der Waals surface area contributed by atoms with E-state index in [1.54, 1.807) is 36.4 Å². The molecule has 2 aromatic rings. The molecule has 2 N–H and O–H groups in total. The number of hydrogen-bond acceptors (Lipinski definition) is 4. The summed E-state index contributed by atoms with van der Waals surface area (Å²) in [5.74, 6) is -0.296. The number of nitrogens with one attached hydrogen (secondary N) is 2. The molecule has 0 radical (unpaired) electrons. The van der Waals surface area contributed by atoms with Crippen molar-refractivity contribution in [3.05, 3.63) is 52.4 Å². The molecule has 2 amide bonds. The molecule has 0 unspecified atom stereocenters. The molecule has 1 aromatic carbocycles. The molecular formula is C17H17BrN2O4. The number of benzene rings is 1. The Morgan fingerprint density at radius 2 is 1.92 bits per heavy atom. The highest BCUT2D eigenvalue weighted by molar-refractivity contribution is 9.10. The van der Waals surface area contributed by atoms with E-state index in [9.17, 15) is 9.59 Å². The molecule has 0 aliphatic carbocycles. The van der Waals surface area contributed by atoms with Crippen molar-refractivity contribution < 1.29 is 18.7 Å². The Morgan fingerprint density at radius 3 is 2.54 bits per heavy atom. The zero-order valence-corrected chi connectivity index (χ0v) is 14.5. The van der Waals surface area contributed by atoms with Crippen LogP contribution < -0.4 is 10.6 Å². The molecule has 0 saturated carbocycles. The van der Waals surface area contributed by atoms with E-state index in [4.69, 9.17) is 9.15 Å². The number of ether oxygens (including phenoxy) is 1. The highest BCUT2D eigenvalue weighted by atomic mass is 79.9. The fourth-order valence-electron chi connectivity index (χ4n) is 2.45. The van der Waals surface area contributed by atoms with Crippen molar-refractivity contribution in [1.29, 1.82) is 0 Å². The number of carbonyl (C=O) groups excluding carboxylic acids is 2. The number of carbonyl (C=O) groups is 2. The van der Waals surface area contributed by atoms with Crippen molar-refractivity contribution in [3.63, 3.8) is 0 Å². The van der Waals surface area contributed by atoms with Crippen LogP contribution in [0.4, 0.5) is 5.69 Å². The van der Waals surface area contributed by atoms with Gasteiger partial charge in [-0.3, -0.25) is 9.59 Å². The molecule has 1 aliphatic heterocycles. The number of furan rings is 1. The Labute approximate surface area is 147 Å². The van der Waals surface area contributed by atoms with E-state index in [1.807, 2.05) is 0 Å². The largest absolute Gasteiger partial charge is 0.444 e. The van der Waals surface area contributed by atoms with Crippen LogP contribution in [0, 0.1) is 0 Å². The summed E-state index contributed by atoms with van der Waals surface area (Å²) < 4.78 is 11.2. The molecule has 1 atom stereocenters. The van der Waals surface area contributed by atoms with E-state index in [0.717, 1.165) is 19.4 Å². The first kappa shape index (κ1) is 16.7. The van der Waals surface area contributed by atoms with Gasteiger partial charge >= 0.3 is 0 Å². The van der Waals surface area contributed by atoms with Crippen molar-refractivity contribution in [2.24, 2.45) is 0 Å². The maximum absolute atomic E-state index is 12.1. The van der Waals surface area contributed by atoms with Gasteiger partial charge in [0.15, 0.2) is 10.4 Å². The highest BCUT2D eigenvalue weighted by Gasteiger charge is 2.17. The van der Waals surface area contributed by atoms with Crippen LogP contribution in [0.2, 0.25) is 0 Å². The third-order valence-electron chi connectivity index (χ3n) is 3.72. The van der Waals surface area contributed by atoms with Gasteiger partial charge in [-0.15, -0.1) is 0 Å². The minimum absolute atomic E-state index is 0.111. The van der Waals surface area contributed by atoms with Gasteiger partial charge in [-0.05, 0) is 65.2 Å². The molecule has 1 fully saturated rings. The summed E-state index contributed by atoms with van der Waals surface area (Å²) in [6.07, 6.45) is 2.13. The Kier molecular flexibility index (Phi) is 5.32. The highest BCUT2D eigenvalue weighted by Crippen LogP contribution is 2.17. The van der Waals surface area contributed by atoms with Gasteiger partial charge in [0.25, 0.3) is 11.8 Å². The van der Waals surface area contributed by atoms with Crippen LogP contribution in [0.1, 0.15) is 33.8 Å². The normalized spacial score (nSPS) is 16.8. The number of rotatable bonds is 5. The maximum Gasteiger partial charge on any atom is 0.291 e. The average Bonchev–Trinajstić information content (AvgIpc) is 3.25. The molecule has 1 aliphatic rings. The molecule has 2 heterocycles. The van der Waals surface area contributed by atoms with Crippen LogP contribution in [-0.4, -0.2) is 31.1 Å². The summed E-state index contributed by atoms with van der Waals surface area (Å²) in [7, 11) is 0. The lowest BCUT2D eigenvalue weighted by molar-refractivity contribution is 0.0857. The van der Waals surface area contributed by atoms with Crippen molar-refractivity contribution in [2.45, 2.75) is 18.9 Å². The summed E-state index contributed by atoms with van der Waals surface area (Å²) in [4.78, 5) is 24.1. The maximum atomic E-state index is 12.1. The first-order valence-corrected chi connectivity index (χ1v) is 8.47. The summed E-state index contributed by atoms with van der Waals surface area (Å²) in [6.45, 7) is 1.28. The van der Waals surface area contributed by atoms with E-state index < -0.39 is 0 Å². The second-order valence-corrected chi connectivity index (χ2v) is 6.26. The molecule has 126 valence electrons. The van der Waals surface area contributed by atoms with Gasteiger partial charge in [0, 0.05) is 24.4 Å². The van der Waals surface area contributed by atoms with Crippen LogP contribution >= 0.6 is 15.9 Å². The Bertz CT molecular complexity index is 720. The van der Waals surface area contributed by atoms with E-state index in [2.05, 4.69) is 26.6 Å². The standard InChI is InChI=1S/C17H17BrN2O4/c18-15-8-7-14(24-15)17(22)20-12-5-3-11(4-6-12)16(21)19-10-13-2-1-9-23-13/h3-8,13H,1-2,9-10H2,(H,19,21)(H,20,22)/t13-/m0/s1. The van der Waals surface area contributed by atoms with Gasteiger partial charge in [0.05, 0.1) is 6.10 Å². The van der Waals surface area contributed by atoms with Gasteiger partial charge in [-0.25, -0.2) is 0 Å². The van der Waals surface area contributed by atoms with Crippen LogP contribution in [0.15, 0.2) is 45.5 Å². The molecule has 6 nitrogen and oxygen atoms in total. The third kappa shape index (κ3) is 4.24. The Balaban J connectivity index is 1.54. The van der Waals surface area contributed by atoms with Gasteiger partial charge < -0.3 is 19.8 Å². The Morgan fingerprint density at radius 1 is 1.12 bits per heavy atom. The minimum atomic E-state index is -0.351. The van der Waals surface area contributed by atoms with Gasteiger partial charge in [-0.1, -0.05) is 0 Å². The molecule has 1 saturated heterocycles. The molecular weight excluding hydrogens is 376 g/mol. The first-order valence-electron chi connectivity index (χ1n) is 7.68. The summed E-state index contributed by atoms with van der Waals surface area (Å²) in [5.41, 5.74) is 1.12. The van der Waals surface area contributed by atoms with E-state index in [1.165, 1.54) is 0 Å². The van der Waals surface area contributed by atoms with Crippen LogP contribution in [0.3, 0.4) is 0 Å². The quantitative estimate of drug-likeness (QED) is 0.818. The van der Waals surface area contributed by atoms with E-state index in [0.29, 0.717) is 22.5 Å². The zero-order chi connectivity index (χ0) is 16.9. The van der Waals surface area contributed by atoms with Crippen molar-refractivity contribution in [3.8, 4) is 0 Å². The summed E-state index contributed by atoms with van der Waals surface area (Å²) >= 11 is 3.15. The minimum Gasteiger partial charge on any atom is -0.444 e. The van der Waals surface area contributed by atoms with Crippen molar-refractivity contribution >= 4 is 33.4 Å². The van der Waals surface area contributed by atoms with Crippen molar-refractivity contribution in [1.82, 2.24) is 5.32 Å².